The van der Waals surface area contributed by atoms with Crippen LogP contribution in [0.5, 0.6) is 0 Å². The molecule has 0 bridgehead atoms. The first kappa shape index (κ1) is 15.5. The van der Waals surface area contributed by atoms with Gasteiger partial charge in [0.25, 0.3) is 5.91 Å². The summed E-state index contributed by atoms with van der Waals surface area (Å²) in [6.45, 7) is 3.35. The maximum atomic E-state index is 13.5. The molecule has 1 aromatic rings. The number of carbonyl (C=O) groups excluding carboxylic acids is 1. The molecule has 1 fully saturated rings. The summed E-state index contributed by atoms with van der Waals surface area (Å²) in [4.78, 5) is 12.0. The predicted octanol–water partition coefficient (Wildman–Crippen LogP) is 2.30. The Morgan fingerprint density at radius 3 is 2.95 bits per heavy atom. The van der Waals surface area contributed by atoms with E-state index in [2.05, 4.69) is 10.6 Å². The smallest absolute Gasteiger partial charge is 0.250 e. The highest BCUT2D eigenvalue weighted by molar-refractivity contribution is 6.36. The molecule has 4 nitrogen and oxygen atoms in total. The number of carbonyl (C=O) groups is 1. The van der Waals surface area contributed by atoms with Crippen LogP contribution in [-0.4, -0.2) is 31.7 Å². The van der Waals surface area contributed by atoms with Crippen LogP contribution in [0.1, 0.15) is 18.5 Å². The lowest BCUT2D eigenvalue weighted by molar-refractivity contribution is -0.134. The van der Waals surface area contributed by atoms with Crippen molar-refractivity contribution in [2.75, 3.05) is 19.7 Å². The SMILES string of the molecule is CC(NC(=O)C1CNCCO1)c1c(Cl)ccc(F)c1Cl. The van der Waals surface area contributed by atoms with Gasteiger partial charge in [-0.25, -0.2) is 4.39 Å². The third-order valence-electron chi connectivity index (χ3n) is 3.09. The zero-order valence-corrected chi connectivity index (χ0v) is 12.4. The molecule has 2 atom stereocenters. The van der Waals surface area contributed by atoms with Crippen molar-refractivity contribution >= 4 is 29.1 Å². The van der Waals surface area contributed by atoms with Crippen LogP contribution in [0.2, 0.25) is 10.0 Å². The number of halogens is 3. The van der Waals surface area contributed by atoms with Crippen LogP contribution >= 0.6 is 23.2 Å². The Bertz CT molecular complexity index is 507. The van der Waals surface area contributed by atoms with E-state index in [4.69, 9.17) is 27.9 Å². The number of ether oxygens (including phenoxy) is 1. The van der Waals surface area contributed by atoms with Crippen LogP contribution in [0.4, 0.5) is 4.39 Å². The summed E-state index contributed by atoms with van der Waals surface area (Å²) in [5.74, 6) is -0.844. The summed E-state index contributed by atoms with van der Waals surface area (Å²) in [5.41, 5.74) is 0.366. The van der Waals surface area contributed by atoms with Crippen molar-refractivity contribution in [1.29, 1.82) is 0 Å². The fourth-order valence-electron chi connectivity index (χ4n) is 2.05. The molecule has 0 radical (unpaired) electrons. The van der Waals surface area contributed by atoms with Gasteiger partial charge in [0.1, 0.15) is 11.9 Å². The maximum absolute atomic E-state index is 13.5. The lowest BCUT2D eigenvalue weighted by atomic mass is 10.1. The molecule has 7 heteroatoms. The molecule has 1 aliphatic rings. The largest absolute Gasteiger partial charge is 0.366 e. The number of amides is 1. The minimum absolute atomic E-state index is 0.0759. The molecule has 110 valence electrons. The Labute approximate surface area is 126 Å². The summed E-state index contributed by atoms with van der Waals surface area (Å²) >= 11 is 11.9. The van der Waals surface area contributed by atoms with Gasteiger partial charge in [0.15, 0.2) is 0 Å². The van der Waals surface area contributed by atoms with E-state index < -0.39 is 18.0 Å². The molecule has 0 aliphatic carbocycles. The number of hydrogen-bond donors (Lipinski definition) is 2. The van der Waals surface area contributed by atoms with Crippen molar-refractivity contribution in [2.24, 2.45) is 0 Å². The summed E-state index contributed by atoms with van der Waals surface area (Å²) in [6.07, 6.45) is -0.558. The van der Waals surface area contributed by atoms with Crippen molar-refractivity contribution in [3.63, 3.8) is 0 Å². The standard InChI is InChI=1S/C13H15Cl2FN2O2/c1-7(11-8(14)2-3-9(16)12(11)15)18-13(19)10-6-17-4-5-20-10/h2-3,7,10,17H,4-6H2,1H3,(H,18,19). The summed E-state index contributed by atoms with van der Waals surface area (Å²) in [7, 11) is 0. The molecule has 0 spiro atoms. The second-order valence-electron chi connectivity index (χ2n) is 4.55. The fraction of sp³-hybridized carbons (Fsp3) is 0.462. The first-order chi connectivity index (χ1) is 9.50. The second-order valence-corrected chi connectivity index (χ2v) is 5.34. The zero-order valence-electron chi connectivity index (χ0n) is 10.9. The highest BCUT2D eigenvalue weighted by Crippen LogP contribution is 2.32. The van der Waals surface area contributed by atoms with E-state index >= 15 is 0 Å². The average molecular weight is 321 g/mol. The van der Waals surface area contributed by atoms with Gasteiger partial charge >= 0.3 is 0 Å². The van der Waals surface area contributed by atoms with Crippen LogP contribution in [-0.2, 0) is 9.53 Å². The first-order valence-corrected chi connectivity index (χ1v) is 7.02. The van der Waals surface area contributed by atoms with Crippen LogP contribution < -0.4 is 10.6 Å². The fourth-order valence-corrected chi connectivity index (χ4v) is 2.75. The van der Waals surface area contributed by atoms with Crippen LogP contribution in [0, 0.1) is 5.82 Å². The van der Waals surface area contributed by atoms with Gasteiger partial charge in [-0.1, -0.05) is 23.2 Å². The number of morpholine rings is 1. The van der Waals surface area contributed by atoms with Crippen LogP contribution in [0.3, 0.4) is 0 Å². The number of rotatable bonds is 3. The molecule has 0 aromatic heterocycles. The van der Waals surface area contributed by atoms with E-state index in [0.29, 0.717) is 23.7 Å². The van der Waals surface area contributed by atoms with Crippen molar-refractivity contribution in [1.82, 2.24) is 10.6 Å². The van der Waals surface area contributed by atoms with Crippen LogP contribution in [0.25, 0.3) is 0 Å². The minimum atomic E-state index is -0.567. The Balaban J connectivity index is 2.10. The molecule has 1 amide bonds. The lowest BCUT2D eigenvalue weighted by Crippen LogP contribution is -2.48. The third kappa shape index (κ3) is 3.41. The van der Waals surface area contributed by atoms with E-state index in [-0.39, 0.29) is 10.9 Å². The number of nitrogens with one attached hydrogen (secondary N) is 2. The van der Waals surface area contributed by atoms with E-state index in [1.165, 1.54) is 12.1 Å². The van der Waals surface area contributed by atoms with Crippen LogP contribution in [0.15, 0.2) is 12.1 Å². The quantitative estimate of drug-likeness (QED) is 0.840. The third-order valence-corrected chi connectivity index (χ3v) is 3.80. The molecule has 1 saturated heterocycles. The second kappa shape index (κ2) is 6.72. The van der Waals surface area contributed by atoms with E-state index in [1.54, 1.807) is 6.92 Å². The van der Waals surface area contributed by atoms with Gasteiger partial charge in [-0.15, -0.1) is 0 Å². The molecule has 0 saturated carbocycles. The minimum Gasteiger partial charge on any atom is -0.366 e. The monoisotopic (exact) mass is 320 g/mol. The number of benzene rings is 1. The summed E-state index contributed by atoms with van der Waals surface area (Å²) < 4.78 is 18.8. The van der Waals surface area contributed by atoms with Gasteiger partial charge in [0.2, 0.25) is 0 Å². The van der Waals surface area contributed by atoms with E-state index in [0.717, 1.165) is 6.54 Å². The molecule has 20 heavy (non-hydrogen) atoms. The Hall–Kier alpha value is -0.880. The molecular weight excluding hydrogens is 306 g/mol. The maximum Gasteiger partial charge on any atom is 0.250 e. The van der Waals surface area contributed by atoms with Crippen molar-refractivity contribution < 1.29 is 13.9 Å². The molecular formula is C13H15Cl2FN2O2. The molecule has 2 unspecified atom stereocenters. The van der Waals surface area contributed by atoms with Crippen molar-refractivity contribution in [3.8, 4) is 0 Å². The van der Waals surface area contributed by atoms with E-state index in [1.807, 2.05) is 0 Å². The van der Waals surface area contributed by atoms with Crippen molar-refractivity contribution in [2.45, 2.75) is 19.1 Å². The molecule has 1 aromatic carbocycles. The highest BCUT2D eigenvalue weighted by atomic mass is 35.5. The van der Waals surface area contributed by atoms with Crippen molar-refractivity contribution in [3.05, 3.63) is 33.6 Å². The Morgan fingerprint density at radius 1 is 1.55 bits per heavy atom. The predicted molar refractivity (Wildman–Crippen MR) is 75.6 cm³/mol. The molecule has 2 rings (SSSR count). The number of hydrogen-bond acceptors (Lipinski definition) is 3. The zero-order chi connectivity index (χ0) is 14.7. The van der Waals surface area contributed by atoms with Gasteiger partial charge < -0.3 is 15.4 Å². The first-order valence-electron chi connectivity index (χ1n) is 6.26. The van der Waals surface area contributed by atoms with E-state index in [9.17, 15) is 9.18 Å². The molecule has 1 aliphatic heterocycles. The van der Waals surface area contributed by atoms with Gasteiger partial charge in [0, 0.05) is 23.7 Å². The normalized spacial score (nSPS) is 20.5. The van der Waals surface area contributed by atoms with Gasteiger partial charge in [0.05, 0.1) is 17.7 Å². The Kier molecular flexibility index (Phi) is 5.21. The topological polar surface area (TPSA) is 50.4 Å². The Morgan fingerprint density at radius 2 is 2.30 bits per heavy atom. The van der Waals surface area contributed by atoms with Gasteiger partial charge in [-0.3, -0.25) is 4.79 Å². The van der Waals surface area contributed by atoms with Gasteiger partial charge in [-0.2, -0.15) is 0 Å². The highest BCUT2D eigenvalue weighted by Gasteiger charge is 2.25. The van der Waals surface area contributed by atoms with Gasteiger partial charge in [-0.05, 0) is 19.1 Å². The average Bonchev–Trinajstić information content (AvgIpc) is 2.44. The molecule has 2 N–H and O–H groups in total. The lowest BCUT2D eigenvalue weighted by Gasteiger charge is -2.25. The summed E-state index contributed by atoms with van der Waals surface area (Å²) in [5, 5.41) is 6.03. The molecule has 1 heterocycles. The summed E-state index contributed by atoms with van der Waals surface area (Å²) in [6, 6.07) is 2.10.